The molecule has 0 saturated carbocycles. The van der Waals surface area contributed by atoms with Gasteiger partial charge in [0, 0.05) is 0 Å². The van der Waals surface area contributed by atoms with Crippen LogP contribution in [0.15, 0.2) is 30.3 Å². The molecule has 0 aliphatic rings. The molecule has 1 aromatic carbocycles. The van der Waals surface area contributed by atoms with Crippen molar-refractivity contribution in [1.29, 1.82) is 0 Å². The monoisotopic (exact) mass is 253 g/mol. The van der Waals surface area contributed by atoms with E-state index in [1.807, 2.05) is 0 Å². The minimum absolute atomic E-state index is 0.335. The summed E-state index contributed by atoms with van der Waals surface area (Å²) >= 11 is 0. The SMILES string of the molecule is CC(N)(Cc1ccccc1)C(F)(F)C(F)(F)F. The summed E-state index contributed by atoms with van der Waals surface area (Å²) in [5.74, 6) is -4.93. The average molecular weight is 253 g/mol. The van der Waals surface area contributed by atoms with Gasteiger partial charge >= 0.3 is 12.1 Å². The first-order valence-corrected chi connectivity index (χ1v) is 4.85. The third-order valence-corrected chi connectivity index (χ3v) is 2.49. The molecule has 1 aromatic rings. The highest BCUT2D eigenvalue weighted by molar-refractivity contribution is 5.19. The second-order valence-corrected chi connectivity index (χ2v) is 4.15. The molecule has 0 aromatic heterocycles. The molecule has 0 heterocycles. The van der Waals surface area contributed by atoms with Crippen LogP contribution in [0.25, 0.3) is 0 Å². The fraction of sp³-hybridized carbons (Fsp3) is 0.455. The van der Waals surface area contributed by atoms with Crippen molar-refractivity contribution in [3.63, 3.8) is 0 Å². The first-order chi connectivity index (χ1) is 7.58. The first kappa shape index (κ1) is 13.9. The molecular formula is C11H12F5N. The van der Waals surface area contributed by atoms with Crippen molar-refractivity contribution >= 4 is 0 Å². The molecule has 0 bridgehead atoms. The fourth-order valence-corrected chi connectivity index (χ4v) is 1.45. The summed E-state index contributed by atoms with van der Waals surface area (Å²) in [6.07, 6.45) is -6.20. The van der Waals surface area contributed by atoms with E-state index < -0.39 is 24.1 Å². The highest BCUT2D eigenvalue weighted by Gasteiger charge is 2.66. The smallest absolute Gasteiger partial charge is 0.320 e. The Kier molecular flexibility index (Phi) is 3.47. The largest absolute Gasteiger partial charge is 0.455 e. The van der Waals surface area contributed by atoms with E-state index in [1.165, 1.54) is 12.1 Å². The molecule has 0 saturated heterocycles. The maximum absolute atomic E-state index is 13.1. The maximum Gasteiger partial charge on any atom is 0.455 e. The standard InChI is InChI=1S/C11H12F5N/c1-9(17,10(12,13)11(14,15)16)7-8-5-3-2-4-6-8/h2-6H,7,17H2,1H3. The number of alkyl halides is 5. The van der Waals surface area contributed by atoms with Crippen LogP contribution in [0, 0.1) is 0 Å². The van der Waals surface area contributed by atoms with Crippen molar-refractivity contribution in [3.8, 4) is 0 Å². The molecule has 0 aliphatic heterocycles. The minimum atomic E-state index is -5.65. The molecule has 96 valence electrons. The molecule has 0 radical (unpaired) electrons. The van der Waals surface area contributed by atoms with Crippen molar-refractivity contribution in [2.75, 3.05) is 0 Å². The van der Waals surface area contributed by atoms with Crippen LogP contribution in [-0.4, -0.2) is 17.6 Å². The van der Waals surface area contributed by atoms with Crippen LogP contribution in [-0.2, 0) is 6.42 Å². The lowest BCUT2D eigenvalue weighted by Crippen LogP contribution is -2.62. The molecule has 0 fully saturated rings. The second kappa shape index (κ2) is 4.25. The van der Waals surface area contributed by atoms with Gasteiger partial charge in [-0.3, -0.25) is 0 Å². The van der Waals surface area contributed by atoms with Crippen LogP contribution < -0.4 is 5.73 Å². The highest BCUT2D eigenvalue weighted by Crippen LogP contribution is 2.43. The Balaban J connectivity index is 2.96. The molecule has 1 nitrogen and oxygen atoms in total. The van der Waals surface area contributed by atoms with E-state index in [4.69, 9.17) is 5.73 Å². The Bertz CT molecular complexity index is 369. The predicted molar refractivity (Wildman–Crippen MR) is 53.7 cm³/mol. The van der Waals surface area contributed by atoms with E-state index in [0.717, 1.165) is 0 Å². The van der Waals surface area contributed by atoms with Crippen molar-refractivity contribution in [2.24, 2.45) is 5.73 Å². The quantitative estimate of drug-likeness (QED) is 0.823. The first-order valence-electron chi connectivity index (χ1n) is 4.85. The van der Waals surface area contributed by atoms with Gasteiger partial charge in [0.15, 0.2) is 0 Å². The van der Waals surface area contributed by atoms with E-state index >= 15 is 0 Å². The normalized spacial score (nSPS) is 16.6. The molecule has 1 rings (SSSR count). The number of hydrogen-bond donors (Lipinski definition) is 1. The van der Waals surface area contributed by atoms with Crippen LogP contribution >= 0.6 is 0 Å². The number of rotatable bonds is 3. The molecule has 0 spiro atoms. The third kappa shape index (κ3) is 2.74. The Morgan fingerprint density at radius 2 is 1.47 bits per heavy atom. The van der Waals surface area contributed by atoms with Gasteiger partial charge in [0.2, 0.25) is 0 Å². The molecular weight excluding hydrogens is 241 g/mol. The van der Waals surface area contributed by atoms with Crippen LogP contribution in [0.3, 0.4) is 0 Å². The Labute approximate surface area is 95.4 Å². The van der Waals surface area contributed by atoms with Gasteiger partial charge in [-0.25, -0.2) is 0 Å². The number of hydrogen-bond acceptors (Lipinski definition) is 1. The summed E-state index contributed by atoms with van der Waals surface area (Å²) in [6.45, 7) is 0.702. The van der Waals surface area contributed by atoms with Crippen molar-refractivity contribution in [3.05, 3.63) is 35.9 Å². The van der Waals surface area contributed by atoms with Crippen LogP contribution in [0.4, 0.5) is 22.0 Å². The average Bonchev–Trinajstić information content (AvgIpc) is 2.16. The van der Waals surface area contributed by atoms with E-state index in [-0.39, 0.29) is 0 Å². The van der Waals surface area contributed by atoms with Gasteiger partial charge < -0.3 is 5.73 Å². The van der Waals surface area contributed by atoms with Gasteiger partial charge in [0.05, 0.1) is 5.54 Å². The number of benzene rings is 1. The van der Waals surface area contributed by atoms with E-state index in [2.05, 4.69) is 0 Å². The maximum atomic E-state index is 13.1. The topological polar surface area (TPSA) is 26.0 Å². The molecule has 0 aliphatic carbocycles. The van der Waals surface area contributed by atoms with Crippen molar-refractivity contribution in [2.45, 2.75) is 31.0 Å². The molecule has 2 N–H and O–H groups in total. The van der Waals surface area contributed by atoms with Gasteiger partial charge in [0.1, 0.15) is 0 Å². The van der Waals surface area contributed by atoms with Crippen molar-refractivity contribution in [1.82, 2.24) is 0 Å². The summed E-state index contributed by atoms with van der Waals surface area (Å²) in [7, 11) is 0. The lowest BCUT2D eigenvalue weighted by molar-refractivity contribution is -0.304. The molecule has 17 heavy (non-hydrogen) atoms. The van der Waals surface area contributed by atoms with Gasteiger partial charge in [-0.15, -0.1) is 0 Å². The Hall–Kier alpha value is -1.17. The zero-order valence-corrected chi connectivity index (χ0v) is 9.06. The lowest BCUT2D eigenvalue weighted by Gasteiger charge is -2.35. The van der Waals surface area contributed by atoms with Gasteiger partial charge in [-0.1, -0.05) is 30.3 Å². The fourth-order valence-electron chi connectivity index (χ4n) is 1.45. The summed E-state index contributed by atoms with van der Waals surface area (Å²) < 4.78 is 62.9. The number of halogens is 5. The highest BCUT2D eigenvalue weighted by atomic mass is 19.4. The molecule has 0 amide bonds. The summed E-state index contributed by atoms with van der Waals surface area (Å²) in [5.41, 5.74) is 2.80. The van der Waals surface area contributed by atoms with Gasteiger partial charge in [-0.05, 0) is 18.9 Å². The zero-order chi connectivity index (χ0) is 13.3. The second-order valence-electron chi connectivity index (χ2n) is 4.15. The van der Waals surface area contributed by atoms with Gasteiger partial charge in [-0.2, -0.15) is 22.0 Å². The molecule has 1 unspecified atom stereocenters. The molecule has 6 heteroatoms. The molecule has 1 atom stereocenters. The van der Waals surface area contributed by atoms with Crippen LogP contribution in [0.5, 0.6) is 0 Å². The zero-order valence-electron chi connectivity index (χ0n) is 9.06. The van der Waals surface area contributed by atoms with Crippen molar-refractivity contribution < 1.29 is 22.0 Å². The van der Waals surface area contributed by atoms with E-state index in [1.54, 1.807) is 18.2 Å². The lowest BCUT2D eigenvalue weighted by atomic mass is 9.87. The van der Waals surface area contributed by atoms with E-state index in [0.29, 0.717) is 12.5 Å². The summed E-state index contributed by atoms with van der Waals surface area (Å²) in [5, 5.41) is 0. The van der Waals surface area contributed by atoms with E-state index in [9.17, 15) is 22.0 Å². The number of nitrogens with two attached hydrogens (primary N) is 1. The van der Waals surface area contributed by atoms with Crippen LogP contribution in [0.1, 0.15) is 12.5 Å². The summed E-state index contributed by atoms with van der Waals surface area (Å²) in [6, 6.07) is 7.66. The third-order valence-electron chi connectivity index (χ3n) is 2.49. The Morgan fingerprint density at radius 3 is 1.88 bits per heavy atom. The summed E-state index contributed by atoms with van der Waals surface area (Å²) in [4.78, 5) is 0. The minimum Gasteiger partial charge on any atom is -0.320 e. The Morgan fingerprint density at radius 1 is 1.00 bits per heavy atom. The predicted octanol–water partition coefficient (Wildman–Crippen LogP) is 3.14. The van der Waals surface area contributed by atoms with Gasteiger partial charge in [0.25, 0.3) is 0 Å². The van der Waals surface area contributed by atoms with Crippen LogP contribution in [0.2, 0.25) is 0 Å².